The molecule has 2 fully saturated rings. The summed E-state index contributed by atoms with van der Waals surface area (Å²) in [5, 5.41) is 0. The van der Waals surface area contributed by atoms with E-state index in [-0.39, 0.29) is 18.6 Å². The molecule has 2 saturated heterocycles. The van der Waals surface area contributed by atoms with Crippen molar-refractivity contribution in [3.63, 3.8) is 0 Å². The summed E-state index contributed by atoms with van der Waals surface area (Å²) in [5.41, 5.74) is 2.98. The molecular weight excluding hydrogens is 398 g/mol. The molecule has 166 valence electrons. The molecule has 3 atom stereocenters. The number of methoxy groups -OCH3 is 1. The van der Waals surface area contributed by atoms with Gasteiger partial charge in [0.15, 0.2) is 0 Å². The number of likely N-dealkylation sites (tertiary alicyclic amines) is 2. The van der Waals surface area contributed by atoms with E-state index < -0.39 is 11.8 Å². The zero-order valence-corrected chi connectivity index (χ0v) is 18.1. The first-order valence-corrected chi connectivity index (χ1v) is 10.9. The summed E-state index contributed by atoms with van der Waals surface area (Å²) in [7, 11) is 1.56. The number of hydrogen-bond donors (Lipinski definition) is 0. The minimum atomic E-state index is -2.84. The third-order valence-corrected chi connectivity index (χ3v) is 6.79. The Morgan fingerprint density at radius 1 is 1.06 bits per heavy atom. The molecule has 0 saturated carbocycles. The maximum Gasteiger partial charge on any atom is 0.267 e. The highest BCUT2D eigenvalue weighted by molar-refractivity contribution is 5.60. The second kappa shape index (κ2) is 9.05. The van der Waals surface area contributed by atoms with Crippen LogP contribution in [0.5, 0.6) is 5.75 Å². The molecule has 6 heteroatoms. The number of ether oxygens (including phenoxy) is 1. The first kappa shape index (κ1) is 21.9. The number of rotatable bonds is 6. The SMILES string of the molecule is COc1ccc(C2CCN(C3CCN(Cc4ccc(C)cc4)C3C=O)CC2(F)F)cc1. The van der Waals surface area contributed by atoms with Crippen molar-refractivity contribution in [1.82, 2.24) is 9.80 Å². The summed E-state index contributed by atoms with van der Waals surface area (Å²) in [5.74, 6) is -2.99. The van der Waals surface area contributed by atoms with E-state index in [4.69, 9.17) is 4.74 Å². The van der Waals surface area contributed by atoms with Crippen LogP contribution in [0, 0.1) is 6.92 Å². The lowest BCUT2D eigenvalue weighted by atomic mass is 9.85. The predicted octanol–water partition coefficient (Wildman–Crippen LogP) is 4.27. The molecule has 2 heterocycles. The van der Waals surface area contributed by atoms with E-state index in [9.17, 15) is 4.79 Å². The molecule has 3 unspecified atom stereocenters. The maximum absolute atomic E-state index is 15.2. The summed E-state index contributed by atoms with van der Waals surface area (Å²) in [6.45, 7) is 3.71. The van der Waals surface area contributed by atoms with E-state index in [1.165, 1.54) is 5.56 Å². The average Bonchev–Trinajstić information content (AvgIpc) is 3.17. The van der Waals surface area contributed by atoms with Gasteiger partial charge in [-0.25, -0.2) is 8.78 Å². The van der Waals surface area contributed by atoms with Gasteiger partial charge in [0, 0.05) is 19.1 Å². The van der Waals surface area contributed by atoms with Crippen molar-refractivity contribution in [2.24, 2.45) is 0 Å². The fraction of sp³-hybridized carbons (Fsp3) is 0.480. The normalized spacial score (nSPS) is 26.6. The van der Waals surface area contributed by atoms with Gasteiger partial charge in [-0.15, -0.1) is 0 Å². The van der Waals surface area contributed by atoms with Gasteiger partial charge >= 0.3 is 0 Å². The van der Waals surface area contributed by atoms with Crippen molar-refractivity contribution in [3.8, 4) is 5.75 Å². The van der Waals surface area contributed by atoms with E-state index in [1.54, 1.807) is 31.4 Å². The number of nitrogens with zero attached hydrogens (tertiary/aromatic N) is 2. The Hall–Kier alpha value is -2.31. The third kappa shape index (κ3) is 4.65. The van der Waals surface area contributed by atoms with Crippen LogP contribution in [0.2, 0.25) is 0 Å². The zero-order chi connectivity index (χ0) is 22.0. The average molecular weight is 429 g/mol. The minimum Gasteiger partial charge on any atom is -0.497 e. The summed E-state index contributed by atoms with van der Waals surface area (Å²) in [4.78, 5) is 15.9. The Morgan fingerprint density at radius 2 is 1.77 bits per heavy atom. The van der Waals surface area contributed by atoms with Crippen molar-refractivity contribution in [2.75, 3.05) is 26.7 Å². The molecule has 4 rings (SSSR count). The first-order valence-electron chi connectivity index (χ1n) is 10.9. The van der Waals surface area contributed by atoms with Crippen LogP contribution >= 0.6 is 0 Å². The second-order valence-corrected chi connectivity index (χ2v) is 8.78. The van der Waals surface area contributed by atoms with Crippen molar-refractivity contribution < 1.29 is 18.3 Å². The molecule has 0 spiro atoms. The highest BCUT2D eigenvalue weighted by atomic mass is 19.3. The topological polar surface area (TPSA) is 32.8 Å². The summed E-state index contributed by atoms with van der Waals surface area (Å²) in [6.07, 6.45) is 2.05. The lowest BCUT2D eigenvalue weighted by Crippen LogP contribution is -2.54. The molecule has 0 aliphatic carbocycles. The Kier molecular flexibility index (Phi) is 6.39. The van der Waals surface area contributed by atoms with Gasteiger partial charge in [0.2, 0.25) is 0 Å². The lowest BCUT2D eigenvalue weighted by molar-refractivity contribution is -0.118. The number of aryl methyl sites for hydroxylation is 1. The van der Waals surface area contributed by atoms with Crippen LogP contribution < -0.4 is 4.74 Å². The van der Waals surface area contributed by atoms with Gasteiger partial charge in [0.25, 0.3) is 5.92 Å². The van der Waals surface area contributed by atoms with Gasteiger partial charge in [0.05, 0.1) is 25.6 Å². The largest absolute Gasteiger partial charge is 0.497 e. The highest BCUT2D eigenvalue weighted by Gasteiger charge is 2.49. The maximum atomic E-state index is 15.2. The molecule has 0 aromatic heterocycles. The van der Waals surface area contributed by atoms with E-state index in [1.807, 2.05) is 11.8 Å². The molecule has 31 heavy (non-hydrogen) atoms. The van der Waals surface area contributed by atoms with E-state index in [2.05, 4.69) is 29.2 Å². The van der Waals surface area contributed by atoms with E-state index in [0.717, 1.165) is 24.8 Å². The molecule has 0 bridgehead atoms. The number of hydrogen-bond acceptors (Lipinski definition) is 4. The molecule has 2 aromatic rings. The van der Waals surface area contributed by atoms with Crippen molar-refractivity contribution >= 4 is 6.29 Å². The molecule has 0 radical (unpaired) electrons. The van der Waals surface area contributed by atoms with Crippen LogP contribution in [0.25, 0.3) is 0 Å². The number of halogens is 2. The summed E-state index contributed by atoms with van der Waals surface area (Å²) >= 11 is 0. The van der Waals surface area contributed by atoms with Crippen LogP contribution in [0.4, 0.5) is 8.78 Å². The standard InChI is InChI=1S/C25H30F2N2O2/c1-18-3-5-19(6-4-18)15-28-14-12-23(24(28)16-30)29-13-11-22(25(26,27)17-29)20-7-9-21(31-2)10-8-20/h3-10,16,22-24H,11-15,17H2,1-2H3. The number of carbonyl (C=O) groups excluding carboxylic acids is 1. The molecular formula is C25H30F2N2O2. The van der Waals surface area contributed by atoms with Crippen molar-refractivity contribution in [1.29, 1.82) is 0 Å². The number of benzene rings is 2. The van der Waals surface area contributed by atoms with Crippen LogP contribution in [0.3, 0.4) is 0 Å². The minimum absolute atomic E-state index is 0.161. The van der Waals surface area contributed by atoms with Gasteiger partial charge in [0.1, 0.15) is 12.0 Å². The summed E-state index contributed by atoms with van der Waals surface area (Å²) < 4.78 is 35.5. The number of carbonyl (C=O) groups is 1. The van der Waals surface area contributed by atoms with E-state index in [0.29, 0.717) is 30.8 Å². The van der Waals surface area contributed by atoms with Crippen molar-refractivity contribution in [3.05, 3.63) is 65.2 Å². The van der Waals surface area contributed by atoms with Crippen LogP contribution in [0.1, 0.15) is 35.4 Å². The fourth-order valence-corrected chi connectivity index (χ4v) is 5.04. The zero-order valence-electron chi connectivity index (χ0n) is 18.1. The first-order chi connectivity index (χ1) is 14.9. The Balaban J connectivity index is 1.43. The van der Waals surface area contributed by atoms with Gasteiger partial charge in [-0.05, 0) is 49.6 Å². The smallest absolute Gasteiger partial charge is 0.267 e. The van der Waals surface area contributed by atoms with Crippen LogP contribution in [0.15, 0.2) is 48.5 Å². The number of aldehydes is 1. The Bertz CT molecular complexity index is 885. The molecule has 4 nitrogen and oxygen atoms in total. The quantitative estimate of drug-likeness (QED) is 0.644. The molecule has 2 aromatic carbocycles. The Labute approximate surface area is 182 Å². The highest BCUT2D eigenvalue weighted by Crippen LogP contribution is 2.42. The van der Waals surface area contributed by atoms with Gasteiger partial charge in [-0.1, -0.05) is 42.0 Å². The number of alkyl halides is 2. The molecule has 2 aliphatic rings. The van der Waals surface area contributed by atoms with Gasteiger partial charge < -0.3 is 9.53 Å². The predicted molar refractivity (Wildman–Crippen MR) is 117 cm³/mol. The number of piperidine rings is 1. The third-order valence-electron chi connectivity index (χ3n) is 6.79. The Morgan fingerprint density at radius 3 is 2.39 bits per heavy atom. The van der Waals surface area contributed by atoms with E-state index >= 15 is 8.78 Å². The van der Waals surface area contributed by atoms with Crippen molar-refractivity contribution in [2.45, 2.75) is 50.2 Å². The summed E-state index contributed by atoms with van der Waals surface area (Å²) in [6, 6.07) is 14.7. The molecule has 0 N–H and O–H groups in total. The van der Waals surface area contributed by atoms with Gasteiger partial charge in [-0.3, -0.25) is 9.80 Å². The monoisotopic (exact) mass is 428 g/mol. The van der Waals surface area contributed by atoms with Crippen LogP contribution in [-0.2, 0) is 11.3 Å². The van der Waals surface area contributed by atoms with Crippen LogP contribution in [-0.4, -0.2) is 60.8 Å². The molecule has 2 aliphatic heterocycles. The lowest BCUT2D eigenvalue weighted by Gasteiger charge is -2.42. The van der Waals surface area contributed by atoms with Gasteiger partial charge in [-0.2, -0.15) is 0 Å². The fourth-order valence-electron chi connectivity index (χ4n) is 5.04. The second-order valence-electron chi connectivity index (χ2n) is 8.78. The molecule has 0 amide bonds.